The first-order valence-electron chi connectivity index (χ1n) is 11.7. The summed E-state index contributed by atoms with van der Waals surface area (Å²) >= 11 is 0. The molecule has 4 heteroatoms. The van der Waals surface area contributed by atoms with E-state index in [2.05, 4.69) is 30.5 Å². The Balaban J connectivity index is 1.36. The molecule has 2 N–H and O–H groups in total. The number of rotatable bonds is 2. The summed E-state index contributed by atoms with van der Waals surface area (Å²) in [7, 11) is 0. The maximum atomic E-state index is 12.5. The molecule has 4 nitrogen and oxygen atoms in total. The topological polar surface area (TPSA) is 61.7 Å². The minimum atomic E-state index is -0.145. The second-order valence-corrected chi connectivity index (χ2v) is 10.5. The summed E-state index contributed by atoms with van der Waals surface area (Å²) in [6, 6.07) is 9.33. The molecule has 1 aromatic rings. The molecule has 0 aromatic heterocycles. The van der Waals surface area contributed by atoms with Crippen molar-refractivity contribution in [2.24, 2.45) is 33.7 Å². The monoisotopic (exact) mass is 406 g/mol. The van der Waals surface area contributed by atoms with Crippen LogP contribution in [0.4, 0.5) is 0 Å². The van der Waals surface area contributed by atoms with Gasteiger partial charge in [-0.1, -0.05) is 43.7 Å². The van der Waals surface area contributed by atoms with E-state index in [-0.39, 0.29) is 22.8 Å². The van der Waals surface area contributed by atoms with Crippen LogP contribution >= 0.6 is 0 Å². The Labute approximate surface area is 179 Å². The lowest BCUT2D eigenvalue weighted by Crippen LogP contribution is -2.50. The zero-order chi connectivity index (χ0) is 20.9. The summed E-state index contributed by atoms with van der Waals surface area (Å²) in [5, 5.41) is 14.9. The number of fused-ring (bicyclic) bond motifs is 5. The molecule has 0 spiro atoms. The Morgan fingerprint density at radius 3 is 2.60 bits per heavy atom. The van der Waals surface area contributed by atoms with Gasteiger partial charge < -0.3 is 5.11 Å². The van der Waals surface area contributed by atoms with Gasteiger partial charge in [0.15, 0.2) is 0 Å². The number of aliphatic hydroxyl groups excluding tert-OH is 1. The lowest BCUT2D eigenvalue weighted by Gasteiger charge is -2.57. The summed E-state index contributed by atoms with van der Waals surface area (Å²) in [6.45, 7) is 4.86. The quantitative estimate of drug-likeness (QED) is 0.530. The summed E-state index contributed by atoms with van der Waals surface area (Å²) < 4.78 is 0. The molecular weight excluding hydrogens is 372 g/mol. The van der Waals surface area contributed by atoms with E-state index in [0.29, 0.717) is 17.4 Å². The number of carbonyl (C=O) groups excluding carboxylic acids is 1. The average Bonchev–Trinajstić information content (AvgIpc) is 3.09. The van der Waals surface area contributed by atoms with Gasteiger partial charge in [-0.2, -0.15) is 5.10 Å². The number of benzene rings is 1. The highest BCUT2D eigenvalue weighted by Crippen LogP contribution is 2.64. The van der Waals surface area contributed by atoms with E-state index in [1.807, 2.05) is 30.3 Å². The van der Waals surface area contributed by atoms with Crippen molar-refractivity contribution < 1.29 is 9.90 Å². The number of hydrogen-bond donors (Lipinski definition) is 2. The molecule has 1 amide bonds. The summed E-state index contributed by atoms with van der Waals surface area (Å²) in [4.78, 5) is 12.5. The van der Waals surface area contributed by atoms with Crippen molar-refractivity contribution in [2.45, 2.75) is 71.3 Å². The van der Waals surface area contributed by atoms with E-state index in [9.17, 15) is 9.90 Å². The van der Waals surface area contributed by atoms with Crippen LogP contribution in [0, 0.1) is 28.6 Å². The number of nitrogens with zero attached hydrogens (tertiary/aromatic N) is 1. The van der Waals surface area contributed by atoms with Gasteiger partial charge in [-0.15, -0.1) is 0 Å². The van der Waals surface area contributed by atoms with Crippen LogP contribution in [0.1, 0.15) is 75.6 Å². The first kappa shape index (κ1) is 20.0. The van der Waals surface area contributed by atoms with Crippen LogP contribution < -0.4 is 5.43 Å². The van der Waals surface area contributed by atoms with Gasteiger partial charge in [-0.25, -0.2) is 5.43 Å². The Hall–Kier alpha value is -1.94. The molecule has 1 aromatic carbocycles. The van der Waals surface area contributed by atoms with Gasteiger partial charge in [0.1, 0.15) is 0 Å². The Morgan fingerprint density at radius 1 is 1.07 bits per heavy atom. The van der Waals surface area contributed by atoms with E-state index in [4.69, 9.17) is 0 Å². The average molecular weight is 407 g/mol. The third-order valence-corrected chi connectivity index (χ3v) is 9.15. The first-order valence-corrected chi connectivity index (χ1v) is 11.7. The number of hydrazone groups is 1. The van der Waals surface area contributed by atoms with Gasteiger partial charge in [-0.05, 0) is 86.7 Å². The van der Waals surface area contributed by atoms with E-state index in [0.717, 1.165) is 44.4 Å². The Bertz CT molecular complexity index is 892. The van der Waals surface area contributed by atoms with Gasteiger partial charge >= 0.3 is 0 Å². The van der Waals surface area contributed by atoms with E-state index in [1.165, 1.54) is 24.1 Å². The molecule has 0 radical (unpaired) electrons. The third kappa shape index (κ3) is 3.07. The van der Waals surface area contributed by atoms with Crippen LogP contribution in [-0.4, -0.2) is 22.8 Å². The molecule has 30 heavy (non-hydrogen) atoms. The van der Waals surface area contributed by atoms with Gasteiger partial charge in [0, 0.05) is 16.7 Å². The molecule has 3 saturated carbocycles. The fraction of sp³-hybridized carbons (Fsp3) is 0.615. The predicted octanol–water partition coefficient (Wildman–Crippen LogP) is 5.10. The van der Waals surface area contributed by atoms with E-state index >= 15 is 0 Å². The summed E-state index contributed by atoms with van der Waals surface area (Å²) in [5.41, 5.74) is 6.57. The lowest BCUT2D eigenvalue weighted by atomic mass is 9.48. The highest BCUT2D eigenvalue weighted by atomic mass is 16.3. The number of aliphatic hydroxyl groups is 1. The fourth-order valence-corrected chi connectivity index (χ4v) is 7.39. The lowest BCUT2D eigenvalue weighted by molar-refractivity contribution is -0.0209. The Morgan fingerprint density at radius 2 is 1.80 bits per heavy atom. The molecule has 6 atom stereocenters. The zero-order valence-corrected chi connectivity index (χ0v) is 18.2. The van der Waals surface area contributed by atoms with Gasteiger partial charge in [0.2, 0.25) is 0 Å². The third-order valence-electron chi connectivity index (χ3n) is 9.15. The molecule has 5 rings (SSSR count). The summed E-state index contributed by atoms with van der Waals surface area (Å²) in [5.74, 6) is 1.94. The summed E-state index contributed by atoms with van der Waals surface area (Å²) in [6.07, 6.45) is 11.0. The van der Waals surface area contributed by atoms with Crippen molar-refractivity contribution in [3.63, 3.8) is 0 Å². The van der Waals surface area contributed by atoms with Crippen LogP contribution in [0.2, 0.25) is 0 Å². The van der Waals surface area contributed by atoms with Gasteiger partial charge in [0.05, 0.1) is 6.10 Å². The number of hydrogen-bond acceptors (Lipinski definition) is 3. The van der Waals surface area contributed by atoms with Gasteiger partial charge in [0.25, 0.3) is 5.91 Å². The van der Waals surface area contributed by atoms with Gasteiger partial charge in [-0.3, -0.25) is 4.79 Å². The smallest absolute Gasteiger partial charge is 0.271 e. The largest absolute Gasteiger partial charge is 0.393 e. The van der Waals surface area contributed by atoms with Crippen molar-refractivity contribution in [3.05, 3.63) is 47.5 Å². The van der Waals surface area contributed by atoms with Crippen molar-refractivity contribution in [1.29, 1.82) is 0 Å². The van der Waals surface area contributed by atoms with Crippen molar-refractivity contribution in [1.82, 2.24) is 5.43 Å². The SMILES string of the molecule is C[C@]12CC[C@H](O)CC1=CCC1C2CC[C@]2(C)/C(=N/NC(=O)c3ccccc3)CCC12. The number of amides is 1. The van der Waals surface area contributed by atoms with Crippen LogP contribution in [-0.2, 0) is 0 Å². The predicted molar refractivity (Wildman–Crippen MR) is 119 cm³/mol. The molecule has 0 aliphatic heterocycles. The molecule has 4 aliphatic carbocycles. The zero-order valence-electron chi connectivity index (χ0n) is 18.2. The van der Waals surface area contributed by atoms with E-state index in [1.54, 1.807) is 0 Å². The second-order valence-electron chi connectivity index (χ2n) is 10.5. The molecular formula is C26H34N2O2. The molecule has 160 valence electrons. The minimum absolute atomic E-state index is 0.0982. The molecule has 0 saturated heterocycles. The van der Waals surface area contributed by atoms with Crippen molar-refractivity contribution >= 4 is 11.6 Å². The number of carbonyl (C=O) groups is 1. The van der Waals surface area contributed by atoms with Crippen LogP contribution in [0.3, 0.4) is 0 Å². The normalized spacial score (nSPS) is 41.4. The molecule has 4 aliphatic rings. The molecule has 3 fully saturated rings. The Kier molecular flexibility index (Phi) is 4.89. The maximum Gasteiger partial charge on any atom is 0.271 e. The molecule has 3 unspecified atom stereocenters. The number of allylic oxidation sites excluding steroid dienone is 1. The first-order chi connectivity index (χ1) is 14.4. The van der Waals surface area contributed by atoms with Crippen molar-refractivity contribution in [2.75, 3.05) is 0 Å². The molecule has 0 bridgehead atoms. The van der Waals surface area contributed by atoms with Crippen molar-refractivity contribution in [3.8, 4) is 0 Å². The van der Waals surface area contributed by atoms with Crippen LogP contribution in [0.15, 0.2) is 47.1 Å². The second kappa shape index (κ2) is 7.33. The highest BCUT2D eigenvalue weighted by molar-refractivity contribution is 5.97. The minimum Gasteiger partial charge on any atom is -0.393 e. The standard InChI is InChI=1S/C26H34N2O2/c1-25-14-12-19(29)16-18(25)8-9-20-21-10-11-23(26(21,2)15-13-22(20)25)27-28-24(30)17-6-4-3-5-7-17/h3-8,19-22,29H,9-16H2,1-2H3,(H,28,30)/b27-23+/t19-,20?,21?,22?,25-,26-/m0/s1. The van der Waals surface area contributed by atoms with E-state index < -0.39 is 0 Å². The fourth-order valence-electron chi connectivity index (χ4n) is 7.39. The van der Waals surface area contributed by atoms with Crippen LogP contribution in [0.25, 0.3) is 0 Å². The number of nitrogens with one attached hydrogen (secondary N) is 1. The highest BCUT2D eigenvalue weighted by Gasteiger charge is 2.57. The molecule has 0 heterocycles. The maximum absolute atomic E-state index is 12.5. The van der Waals surface area contributed by atoms with Crippen LogP contribution in [0.5, 0.6) is 0 Å².